The van der Waals surface area contributed by atoms with Crippen LogP contribution >= 0.6 is 0 Å². The van der Waals surface area contributed by atoms with E-state index in [0.29, 0.717) is 30.2 Å². The van der Waals surface area contributed by atoms with Gasteiger partial charge in [0.2, 0.25) is 5.91 Å². The lowest BCUT2D eigenvalue weighted by molar-refractivity contribution is -0.121. The Morgan fingerprint density at radius 1 is 1.16 bits per heavy atom. The number of benzene rings is 2. The summed E-state index contributed by atoms with van der Waals surface area (Å²) in [4.78, 5) is 16.3. The van der Waals surface area contributed by atoms with Crippen LogP contribution in [0.5, 0.6) is 5.75 Å². The molecule has 158 valence electrons. The number of hydrogen-bond acceptors (Lipinski definition) is 5. The first kappa shape index (κ1) is 20.3. The first-order valence-corrected chi connectivity index (χ1v) is 9.77. The predicted molar refractivity (Wildman–Crippen MR) is 112 cm³/mol. The van der Waals surface area contributed by atoms with Crippen molar-refractivity contribution < 1.29 is 18.3 Å². The summed E-state index contributed by atoms with van der Waals surface area (Å²) < 4.78 is 26.3. The average molecular weight is 420 g/mol. The number of nitrogens with zero attached hydrogens (tertiary/aromatic N) is 3. The van der Waals surface area contributed by atoms with E-state index in [1.807, 2.05) is 36.5 Å². The van der Waals surface area contributed by atoms with Crippen LogP contribution in [-0.4, -0.2) is 27.8 Å². The van der Waals surface area contributed by atoms with E-state index >= 15 is 0 Å². The van der Waals surface area contributed by atoms with Gasteiger partial charge >= 0.3 is 0 Å². The number of aryl methyl sites for hydroxylation is 1. The third kappa shape index (κ3) is 4.98. The first-order valence-electron chi connectivity index (χ1n) is 9.77. The summed E-state index contributed by atoms with van der Waals surface area (Å²) in [5.41, 5.74) is 1.98. The molecular weight excluding hydrogens is 399 g/mol. The highest BCUT2D eigenvalue weighted by Crippen LogP contribution is 2.23. The molecule has 0 unspecified atom stereocenters. The Kier molecular flexibility index (Phi) is 6.07. The minimum Gasteiger partial charge on any atom is -0.497 e. The van der Waals surface area contributed by atoms with Crippen LogP contribution in [0.15, 0.2) is 71.4 Å². The third-order valence-corrected chi connectivity index (χ3v) is 4.71. The maximum atomic E-state index is 13.8. The number of aromatic nitrogens is 3. The summed E-state index contributed by atoms with van der Waals surface area (Å²) in [5, 5.41) is 7.30. The molecular formula is C23H21FN4O3. The predicted octanol–water partition coefficient (Wildman–Crippen LogP) is 3.92. The van der Waals surface area contributed by atoms with Gasteiger partial charge in [-0.05, 0) is 42.5 Å². The Labute approximate surface area is 178 Å². The molecule has 0 saturated heterocycles. The largest absolute Gasteiger partial charge is 0.497 e. The van der Waals surface area contributed by atoms with Gasteiger partial charge in [0.15, 0.2) is 11.7 Å². The van der Waals surface area contributed by atoms with Crippen molar-refractivity contribution in [1.29, 1.82) is 0 Å². The molecule has 0 radical (unpaired) electrons. The highest BCUT2D eigenvalue weighted by atomic mass is 19.1. The van der Waals surface area contributed by atoms with E-state index in [-0.39, 0.29) is 18.1 Å². The molecule has 0 aliphatic rings. The lowest BCUT2D eigenvalue weighted by atomic mass is 10.2. The van der Waals surface area contributed by atoms with Gasteiger partial charge in [-0.15, -0.1) is 0 Å². The van der Waals surface area contributed by atoms with Crippen molar-refractivity contribution in [2.75, 3.05) is 7.11 Å². The molecule has 31 heavy (non-hydrogen) atoms. The van der Waals surface area contributed by atoms with Gasteiger partial charge in [-0.3, -0.25) is 4.79 Å². The Bertz CT molecular complexity index is 1170. The zero-order valence-electron chi connectivity index (χ0n) is 16.9. The van der Waals surface area contributed by atoms with Gasteiger partial charge in [0.1, 0.15) is 11.6 Å². The summed E-state index contributed by atoms with van der Waals surface area (Å²) in [6.45, 7) is 0.314. The Morgan fingerprint density at radius 3 is 2.74 bits per heavy atom. The highest BCUT2D eigenvalue weighted by molar-refractivity contribution is 5.76. The van der Waals surface area contributed by atoms with Crippen LogP contribution in [0.4, 0.5) is 4.39 Å². The monoisotopic (exact) mass is 420 g/mol. The van der Waals surface area contributed by atoms with Crippen LogP contribution in [0.2, 0.25) is 0 Å². The van der Waals surface area contributed by atoms with Crippen molar-refractivity contribution in [3.63, 3.8) is 0 Å². The molecule has 0 spiro atoms. The first-order chi connectivity index (χ1) is 15.1. The van der Waals surface area contributed by atoms with Crippen LogP contribution in [0.25, 0.3) is 17.0 Å². The van der Waals surface area contributed by atoms with E-state index in [9.17, 15) is 9.18 Å². The number of rotatable bonds is 8. The van der Waals surface area contributed by atoms with Crippen molar-refractivity contribution >= 4 is 5.91 Å². The van der Waals surface area contributed by atoms with E-state index in [1.54, 1.807) is 30.0 Å². The topological polar surface area (TPSA) is 82.2 Å². The molecule has 0 atom stereocenters. The fraction of sp³-hybridized carbons (Fsp3) is 0.174. The lowest BCUT2D eigenvalue weighted by Gasteiger charge is -2.04. The number of methoxy groups -OCH3 is 1. The molecule has 0 aliphatic carbocycles. The van der Waals surface area contributed by atoms with Gasteiger partial charge in [0.05, 0.1) is 36.8 Å². The molecule has 2 heterocycles. The van der Waals surface area contributed by atoms with Gasteiger partial charge in [-0.1, -0.05) is 12.1 Å². The third-order valence-electron chi connectivity index (χ3n) is 4.71. The fourth-order valence-electron chi connectivity index (χ4n) is 3.04. The van der Waals surface area contributed by atoms with Gasteiger partial charge in [-0.25, -0.2) is 14.1 Å². The molecule has 0 aliphatic heterocycles. The zero-order chi connectivity index (χ0) is 21.6. The fourth-order valence-corrected chi connectivity index (χ4v) is 3.04. The molecule has 2 aromatic carbocycles. The maximum Gasteiger partial charge on any atom is 0.220 e. The summed E-state index contributed by atoms with van der Waals surface area (Å²) in [5.74, 6) is 0.979. The number of carbonyl (C=O) groups excluding carboxylic acids is 1. The molecule has 4 rings (SSSR count). The Balaban J connectivity index is 1.27. The molecule has 0 fully saturated rings. The standard InChI is InChI=1S/C23H21FN4O3/c1-30-18-8-6-17(7-9-18)28-13-12-16(27-28)14-25-22(29)10-11-23-26-15-21(31-23)19-4-2-3-5-20(19)24/h2-9,12-13,15H,10-11,14H2,1H3,(H,25,29). The van der Waals surface area contributed by atoms with Crippen LogP contribution in [0.3, 0.4) is 0 Å². The molecule has 4 aromatic rings. The minimum atomic E-state index is -0.378. The second-order valence-corrected chi connectivity index (χ2v) is 6.82. The van der Waals surface area contributed by atoms with Crippen molar-refractivity contribution in [3.8, 4) is 22.8 Å². The van der Waals surface area contributed by atoms with Crippen molar-refractivity contribution in [2.24, 2.45) is 0 Å². The number of oxazole rings is 1. The number of amides is 1. The van der Waals surface area contributed by atoms with E-state index < -0.39 is 0 Å². The summed E-state index contributed by atoms with van der Waals surface area (Å²) in [7, 11) is 1.62. The SMILES string of the molecule is COc1ccc(-n2ccc(CNC(=O)CCc3ncc(-c4ccccc4F)o3)n2)cc1. The molecule has 0 bridgehead atoms. The average Bonchev–Trinajstić information content (AvgIpc) is 3.46. The molecule has 1 N–H and O–H groups in total. The van der Waals surface area contributed by atoms with Gasteiger partial charge in [0.25, 0.3) is 0 Å². The number of ether oxygens (including phenoxy) is 1. The summed E-state index contributed by atoms with van der Waals surface area (Å²) in [6.07, 6.45) is 3.83. The summed E-state index contributed by atoms with van der Waals surface area (Å²) >= 11 is 0. The van der Waals surface area contributed by atoms with Gasteiger partial charge in [0, 0.05) is 19.0 Å². The molecule has 1 amide bonds. The van der Waals surface area contributed by atoms with Gasteiger partial charge < -0.3 is 14.5 Å². The Hall–Kier alpha value is -3.94. The normalized spacial score (nSPS) is 10.8. The minimum absolute atomic E-state index is 0.148. The zero-order valence-corrected chi connectivity index (χ0v) is 16.9. The van der Waals surface area contributed by atoms with Crippen molar-refractivity contribution in [1.82, 2.24) is 20.1 Å². The van der Waals surface area contributed by atoms with Crippen LogP contribution < -0.4 is 10.1 Å². The molecule has 0 saturated carbocycles. The Morgan fingerprint density at radius 2 is 1.97 bits per heavy atom. The lowest BCUT2D eigenvalue weighted by Crippen LogP contribution is -2.23. The van der Waals surface area contributed by atoms with Crippen LogP contribution in [0, 0.1) is 5.82 Å². The quantitative estimate of drug-likeness (QED) is 0.467. The number of carbonyl (C=O) groups is 1. The van der Waals surface area contributed by atoms with E-state index in [1.165, 1.54) is 12.3 Å². The van der Waals surface area contributed by atoms with E-state index in [4.69, 9.17) is 9.15 Å². The van der Waals surface area contributed by atoms with Crippen molar-refractivity contribution in [2.45, 2.75) is 19.4 Å². The van der Waals surface area contributed by atoms with Gasteiger partial charge in [-0.2, -0.15) is 5.10 Å². The number of nitrogens with one attached hydrogen (secondary N) is 1. The molecule has 8 heteroatoms. The second-order valence-electron chi connectivity index (χ2n) is 6.82. The molecule has 2 aromatic heterocycles. The second kappa shape index (κ2) is 9.25. The summed E-state index contributed by atoms with van der Waals surface area (Å²) in [6, 6.07) is 15.7. The maximum absolute atomic E-state index is 13.8. The molecule has 7 nitrogen and oxygen atoms in total. The number of hydrogen-bond donors (Lipinski definition) is 1. The number of halogens is 1. The van der Waals surface area contributed by atoms with Crippen molar-refractivity contribution in [3.05, 3.63) is 84.4 Å². The smallest absolute Gasteiger partial charge is 0.220 e. The van der Waals surface area contributed by atoms with E-state index in [2.05, 4.69) is 15.4 Å². The van der Waals surface area contributed by atoms with Crippen LogP contribution in [0.1, 0.15) is 18.0 Å². The highest BCUT2D eigenvalue weighted by Gasteiger charge is 2.12. The van der Waals surface area contributed by atoms with E-state index in [0.717, 1.165) is 17.1 Å². The van der Waals surface area contributed by atoms with Crippen LogP contribution in [-0.2, 0) is 17.8 Å².